The predicted molar refractivity (Wildman–Crippen MR) is 122 cm³/mol. The molecule has 0 saturated carbocycles. The number of hydrogen-bond acceptors (Lipinski definition) is 4. The Bertz CT molecular complexity index is 1010. The lowest BCUT2D eigenvalue weighted by molar-refractivity contribution is 0.0938. The van der Waals surface area contributed by atoms with Crippen LogP contribution in [-0.4, -0.2) is 56.3 Å². The van der Waals surface area contributed by atoms with Crippen molar-refractivity contribution in [3.8, 4) is 0 Å². The maximum atomic E-state index is 12.8. The normalized spacial score (nSPS) is 18.9. The zero-order chi connectivity index (χ0) is 21.8. The molecule has 166 valence electrons. The van der Waals surface area contributed by atoms with Crippen molar-refractivity contribution < 1.29 is 13.2 Å². The van der Waals surface area contributed by atoms with Gasteiger partial charge < -0.3 is 5.32 Å². The molecule has 1 amide bonds. The molecule has 2 saturated heterocycles. The molecule has 2 aromatic rings. The minimum Gasteiger partial charge on any atom is -0.350 e. The van der Waals surface area contributed by atoms with Gasteiger partial charge in [-0.15, -0.1) is 0 Å². The lowest BCUT2D eigenvalue weighted by Crippen LogP contribution is -2.37. The number of hydrogen-bond donors (Lipinski definition) is 1. The van der Waals surface area contributed by atoms with Crippen molar-refractivity contribution in [2.24, 2.45) is 0 Å². The molecule has 2 aliphatic heterocycles. The van der Waals surface area contributed by atoms with Crippen LogP contribution in [-0.2, 0) is 10.0 Å². The molecule has 6 nitrogen and oxygen atoms in total. The predicted octanol–water partition coefficient (Wildman–Crippen LogP) is 3.69. The molecule has 0 radical (unpaired) electrons. The lowest BCUT2D eigenvalue weighted by Gasteiger charge is -2.29. The maximum absolute atomic E-state index is 12.8. The van der Waals surface area contributed by atoms with Gasteiger partial charge in [0.25, 0.3) is 5.91 Å². The number of carbonyl (C=O) groups excluding carboxylic acids is 1. The fourth-order valence-electron chi connectivity index (χ4n) is 4.38. The van der Waals surface area contributed by atoms with E-state index in [2.05, 4.69) is 10.2 Å². The van der Waals surface area contributed by atoms with Crippen molar-refractivity contribution in [1.82, 2.24) is 14.5 Å². The average Bonchev–Trinajstić information content (AvgIpc) is 3.50. The highest BCUT2D eigenvalue weighted by Crippen LogP contribution is 2.30. The molecule has 2 fully saturated rings. The Hall–Kier alpha value is -1.93. The molecule has 2 heterocycles. The first kappa shape index (κ1) is 22.3. The van der Waals surface area contributed by atoms with Gasteiger partial charge in [0, 0.05) is 30.2 Å². The van der Waals surface area contributed by atoms with E-state index in [1.807, 2.05) is 24.3 Å². The molecule has 1 N–H and O–H groups in total. The Morgan fingerprint density at radius 3 is 2.19 bits per heavy atom. The van der Waals surface area contributed by atoms with E-state index in [0.29, 0.717) is 30.2 Å². The standard InChI is InChI=1S/C23H28ClN3O3S/c24-21-8-2-1-7-20(21)22(26-13-3-4-14-26)17-25-23(28)18-9-11-19(12-10-18)31(29,30)27-15-5-6-16-27/h1-2,7-12,22H,3-6,13-17H2,(H,25,28)/t22-/m1/s1. The van der Waals surface area contributed by atoms with Gasteiger partial charge in [-0.25, -0.2) is 8.42 Å². The summed E-state index contributed by atoms with van der Waals surface area (Å²) in [6, 6.07) is 14.0. The van der Waals surface area contributed by atoms with Crippen LogP contribution in [0.3, 0.4) is 0 Å². The Morgan fingerprint density at radius 2 is 1.55 bits per heavy atom. The molecular weight excluding hydrogens is 434 g/mol. The summed E-state index contributed by atoms with van der Waals surface area (Å²) in [5.41, 5.74) is 1.46. The Labute approximate surface area is 189 Å². The minimum atomic E-state index is -3.48. The zero-order valence-electron chi connectivity index (χ0n) is 17.5. The zero-order valence-corrected chi connectivity index (χ0v) is 19.0. The van der Waals surface area contributed by atoms with Crippen molar-refractivity contribution in [3.05, 3.63) is 64.7 Å². The van der Waals surface area contributed by atoms with Gasteiger partial charge in [0.05, 0.1) is 10.9 Å². The monoisotopic (exact) mass is 461 g/mol. The van der Waals surface area contributed by atoms with E-state index in [4.69, 9.17) is 11.6 Å². The highest BCUT2D eigenvalue weighted by atomic mass is 35.5. The van der Waals surface area contributed by atoms with Crippen LogP contribution in [0.5, 0.6) is 0 Å². The smallest absolute Gasteiger partial charge is 0.251 e. The van der Waals surface area contributed by atoms with Gasteiger partial charge >= 0.3 is 0 Å². The summed E-state index contributed by atoms with van der Waals surface area (Å²) in [6.45, 7) is 3.52. The summed E-state index contributed by atoms with van der Waals surface area (Å²) in [5, 5.41) is 3.72. The molecule has 0 aromatic heterocycles. The lowest BCUT2D eigenvalue weighted by atomic mass is 10.0. The van der Waals surface area contributed by atoms with Gasteiger partial charge in [-0.05, 0) is 74.7 Å². The number of nitrogens with one attached hydrogen (secondary N) is 1. The van der Waals surface area contributed by atoms with E-state index in [9.17, 15) is 13.2 Å². The molecule has 2 aromatic carbocycles. The number of sulfonamides is 1. The highest BCUT2D eigenvalue weighted by Gasteiger charge is 2.28. The van der Waals surface area contributed by atoms with E-state index >= 15 is 0 Å². The van der Waals surface area contributed by atoms with E-state index < -0.39 is 10.0 Å². The third-order valence-corrected chi connectivity index (χ3v) is 8.38. The van der Waals surface area contributed by atoms with Crippen molar-refractivity contribution in [2.75, 3.05) is 32.7 Å². The van der Waals surface area contributed by atoms with Crippen LogP contribution in [0.2, 0.25) is 5.02 Å². The summed E-state index contributed by atoms with van der Waals surface area (Å²) in [6.07, 6.45) is 4.07. The van der Waals surface area contributed by atoms with Crippen LogP contribution < -0.4 is 5.32 Å². The van der Waals surface area contributed by atoms with Crippen LogP contribution in [0.15, 0.2) is 53.4 Å². The van der Waals surface area contributed by atoms with Gasteiger partial charge in [-0.2, -0.15) is 4.31 Å². The summed E-state index contributed by atoms with van der Waals surface area (Å²) < 4.78 is 26.9. The van der Waals surface area contributed by atoms with Gasteiger partial charge in [-0.1, -0.05) is 29.8 Å². The number of likely N-dealkylation sites (tertiary alicyclic amines) is 1. The second-order valence-corrected chi connectivity index (χ2v) is 10.5. The molecule has 0 spiro atoms. The van der Waals surface area contributed by atoms with E-state index in [-0.39, 0.29) is 16.8 Å². The number of nitrogens with zero attached hydrogens (tertiary/aromatic N) is 2. The molecule has 2 aliphatic rings. The van der Waals surface area contributed by atoms with Crippen molar-refractivity contribution >= 4 is 27.5 Å². The first-order chi connectivity index (χ1) is 15.0. The van der Waals surface area contributed by atoms with Crippen LogP contribution >= 0.6 is 11.6 Å². The number of benzene rings is 2. The summed E-state index contributed by atoms with van der Waals surface area (Å²) >= 11 is 6.44. The molecule has 0 unspecified atom stereocenters. The van der Waals surface area contributed by atoms with Crippen LogP contribution in [0.25, 0.3) is 0 Å². The van der Waals surface area contributed by atoms with Gasteiger partial charge in [0.1, 0.15) is 0 Å². The van der Waals surface area contributed by atoms with Crippen LogP contribution in [0.1, 0.15) is 47.6 Å². The first-order valence-electron chi connectivity index (χ1n) is 10.8. The molecule has 31 heavy (non-hydrogen) atoms. The molecule has 0 bridgehead atoms. The SMILES string of the molecule is O=C(NC[C@H](c1ccccc1Cl)N1CCCC1)c1ccc(S(=O)(=O)N2CCCC2)cc1. The maximum Gasteiger partial charge on any atom is 0.251 e. The topological polar surface area (TPSA) is 69.7 Å². The number of rotatable bonds is 7. The van der Waals surface area contributed by atoms with Gasteiger partial charge in [-0.3, -0.25) is 9.69 Å². The second-order valence-electron chi connectivity index (χ2n) is 8.13. The minimum absolute atomic E-state index is 0.00923. The fraction of sp³-hybridized carbons (Fsp3) is 0.435. The van der Waals surface area contributed by atoms with Crippen molar-refractivity contribution in [1.29, 1.82) is 0 Å². The Morgan fingerprint density at radius 1 is 0.935 bits per heavy atom. The molecular formula is C23H28ClN3O3S. The van der Waals surface area contributed by atoms with Gasteiger partial charge in [0.2, 0.25) is 10.0 Å². The molecule has 1 atom stereocenters. The van der Waals surface area contributed by atoms with Crippen molar-refractivity contribution in [3.63, 3.8) is 0 Å². The summed E-state index contributed by atoms with van der Waals surface area (Å²) in [5.74, 6) is -0.221. The van der Waals surface area contributed by atoms with E-state index in [1.54, 1.807) is 12.1 Å². The van der Waals surface area contributed by atoms with E-state index in [1.165, 1.54) is 16.4 Å². The van der Waals surface area contributed by atoms with Gasteiger partial charge in [0.15, 0.2) is 0 Å². The summed E-state index contributed by atoms with van der Waals surface area (Å²) in [7, 11) is -3.48. The largest absolute Gasteiger partial charge is 0.350 e. The fourth-order valence-corrected chi connectivity index (χ4v) is 6.16. The molecule has 0 aliphatic carbocycles. The molecule has 4 rings (SSSR count). The number of amides is 1. The van der Waals surface area contributed by atoms with Crippen LogP contribution in [0, 0.1) is 0 Å². The average molecular weight is 462 g/mol. The third-order valence-electron chi connectivity index (χ3n) is 6.12. The van der Waals surface area contributed by atoms with E-state index in [0.717, 1.165) is 44.3 Å². The first-order valence-corrected chi connectivity index (χ1v) is 12.7. The summed E-state index contributed by atoms with van der Waals surface area (Å²) in [4.78, 5) is 15.4. The van der Waals surface area contributed by atoms with Crippen LogP contribution in [0.4, 0.5) is 0 Å². The highest BCUT2D eigenvalue weighted by molar-refractivity contribution is 7.89. The Balaban J connectivity index is 1.45. The Kier molecular flexibility index (Phi) is 6.96. The second kappa shape index (κ2) is 9.69. The quantitative estimate of drug-likeness (QED) is 0.682. The van der Waals surface area contributed by atoms with Crippen molar-refractivity contribution in [2.45, 2.75) is 36.6 Å². The molecule has 8 heteroatoms. The third kappa shape index (κ3) is 4.95. The number of carbonyl (C=O) groups is 1. The number of halogens is 1.